The molecule has 0 spiro atoms. The van der Waals surface area contributed by atoms with E-state index in [1.165, 1.54) is 17.3 Å². The Kier molecular flexibility index (Phi) is 3.05. The molecule has 0 atom stereocenters. The van der Waals surface area contributed by atoms with E-state index in [1.807, 2.05) is 0 Å². The molecule has 1 heteroatoms. The SMILES string of the molecule is CC(C)[N+]1(C)C(C)(C)CC(C)(C)CC1(C)C. The first kappa shape index (κ1) is 14.0. The van der Waals surface area contributed by atoms with E-state index in [1.54, 1.807) is 0 Å². The maximum absolute atomic E-state index is 2.46. The van der Waals surface area contributed by atoms with Crippen molar-refractivity contribution in [3.05, 3.63) is 0 Å². The van der Waals surface area contributed by atoms with Gasteiger partial charge in [-0.2, -0.15) is 0 Å². The third-order valence-electron chi connectivity index (χ3n) is 5.37. The summed E-state index contributed by atoms with van der Waals surface area (Å²) in [6, 6.07) is 0.682. The van der Waals surface area contributed by atoms with Crippen molar-refractivity contribution in [2.45, 2.75) is 85.4 Å². The molecule has 16 heavy (non-hydrogen) atoms. The molecule has 1 heterocycles. The van der Waals surface area contributed by atoms with E-state index in [0.717, 1.165) is 0 Å². The molecule has 1 rings (SSSR count). The summed E-state index contributed by atoms with van der Waals surface area (Å²) in [5.41, 5.74) is 1.19. The molecule has 0 unspecified atom stereocenters. The highest BCUT2D eigenvalue weighted by atomic mass is 15.5. The molecule has 0 aromatic rings. The van der Waals surface area contributed by atoms with E-state index in [-0.39, 0.29) is 0 Å². The normalized spacial score (nSPS) is 30.4. The maximum atomic E-state index is 2.46. The van der Waals surface area contributed by atoms with E-state index in [4.69, 9.17) is 0 Å². The molecule has 96 valence electrons. The minimum Gasteiger partial charge on any atom is -0.315 e. The average Bonchev–Trinajstić information content (AvgIpc) is 1.94. The standard InChI is InChI=1S/C15H32N/c1-12(2)16(9)14(5,6)10-13(3,4)11-15(16,7)8/h12H,10-11H2,1-9H3/q+1. The molecule has 1 fully saturated rings. The molecule has 1 aliphatic heterocycles. The zero-order chi connectivity index (χ0) is 13.0. The lowest BCUT2D eigenvalue weighted by molar-refractivity contribution is -1.02. The van der Waals surface area contributed by atoms with Crippen LogP contribution in [0.1, 0.15) is 68.2 Å². The lowest BCUT2D eigenvalue weighted by Crippen LogP contribution is -2.75. The lowest BCUT2D eigenvalue weighted by Gasteiger charge is -2.65. The number of quaternary nitrogens is 1. The molecule has 0 aromatic heterocycles. The minimum absolute atomic E-state index is 0.361. The van der Waals surface area contributed by atoms with Crippen molar-refractivity contribution in [3.8, 4) is 0 Å². The van der Waals surface area contributed by atoms with Crippen molar-refractivity contribution >= 4 is 0 Å². The van der Waals surface area contributed by atoms with E-state index in [9.17, 15) is 0 Å². The fourth-order valence-electron chi connectivity index (χ4n) is 4.95. The van der Waals surface area contributed by atoms with Gasteiger partial charge in [0.2, 0.25) is 0 Å². The molecule has 0 N–H and O–H groups in total. The Balaban J connectivity index is 3.27. The van der Waals surface area contributed by atoms with Crippen LogP contribution < -0.4 is 0 Å². The van der Waals surface area contributed by atoms with Crippen LogP contribution in [0.4, 0.5) is 0 Å². The Hall–Kier alpha value is -0.0400. The van der Waals surface area contributed by atoms with Crippen molar-refractivity contribution in [3.63, 3.8) is 0 Å². The quantitative estimate of drug-likeness (QED) is 0.587. The van der Waals surface area contributed by atoms with Crippen LogP contribution in [0.5, 0.6) is 0 Å². The monoisotopic (exact) mass is 226 g/mol. The average molecular weight is 226 g/mol. The first-order chi connectivity index (χ1) is 6.86. The number of likely N-dealkylation sites (tertiary alicyclic amines) is 1. The van der Waals surface area contributed by atoms with Gasteiger partial charge in [0.05, 0.1) is 24.2 Å². The number of hydrogen-bond acceptors (Lipinski definition) is 0. The summed E-state index contributed by atoms with van der Waals surface area (Å²) in [4.78, 5) is 0. The number of nitrogens with zero attached hydrogens (tertiary/aromatic N) is 1. The van der Waals surface area contributed by atoms with Gasteiger partial charge in [0.25, 0.3) is 0 Å². The van der Waals surface area contributed by atoms with Crippen molar-refractivity contribution in [2.75, 3.05) is 7.05 Å². The number of piperidine rings is 1. The van der Waals surface area contributed by atoms with Crippen molar-refractivity contribution in [1.82, 2.24) is 0 Å². The highest BCUT2D eigenvalue weighted by molar-refractivity contribution is 4.94. The molecule has 0 bridgehead atoms. The molecule has 0 amide bonds. The Morgan fingerprint density at radius 1 is 0.812 bits per heavy atom. The van der Waals surface area contributed by atoms with Crippen LogP contribution in [0.3, 0.4) is 0 Å². The Morgan fingerprint density at radius 2 is 1.12 bits per heavy atom. The van der Waals surface area contributed by atoms with E-state index in [0.29, 0.717) is 22.5 Å². The van der Waals surface area contributed by atoms with Crippen LogP contribution >= 0.6 is 0 Å². The molecule has 0 aliphatic carbocycles. The van der Waals surface area contributed by atoms with Crippen LogP contribution in [-0.2, 0) is 0 Å². The molecule has 1 saturated heterocycles. The molecule has 0 radical (unpaired) electrons. The molecule has 0 saturated carbocycles. The minimum atomic E-state index is 0.361. The van der Waals surface area contributed by atoms with E-state index >= 15 is 0 Å². The highest BCUT2D eigenvalue weighted by Gasteiger charge is 2.59. The topological polar surface area (TPSA) is 0 Å². The van der Waals surface area contributed by atoms with Gasteiger partial charge in [-0.1, -0.05) is 13.8 Å². The zero-order valence-electron chi connectivity index (χ0n) is 12.9. The predicted octanol–water partition coefficient (Wildman–Crippen LogP) is 4.22. The van der Waals surface area contributed by atoms with E-state index in [2.05, 4.69) is 62.4 Å². The smallest absolute Gasteiger partial charge is 0.0944 e. The second-order valence-electron chi connectivity index (χ2n) is 8.31. The summed E-state index contributed by atoms with van der Waals surface area (Å²) < 4.78 is 1.18. The second-order valence-corrected chi connectivity index (χ2v) is 8.31. The van der Waals surface area contributed by atoms with Crippen LogP contribution in [0.25, 0.3) is 0 Å². The largest absolute Gasteiger partial charge is 0.315 e. The third-order valence-corrected chi connectivity index (χ3v) is 5.37. The summed E-state index contributed by atoms with van der Waals surface area (Å²) in [5.74, 6) is 0. The fraction of sp³-hybridized carbons (Fsp3) is 1.00. The summed E-state index contributed by atoms with van der Waals surface area (Å²) in [6.07, 6.45) is 2.64. The Morgan fingerprint density at radius 3 is 1.38 bits per heavy atom. The van der Waals surface area contributed by atoms with Gasteiger partial charge in [-0.25, -0.2) is 0 Å². The van der Waals surface area contributed by atoms with Gasteiger partial charge in [0.15, 0.2) is 0 Å². The van der Waals surface area contributed by atoms with Crippen LogP contribution in [-0.4, -0.2) is 28.7 Å². The summed E-state index contributed by atoms with van der Waals surface area (Å²) in [6.45, 7) is 19.4. The Labute approximate surface area is 103 Å². The van der Waals surface area contributed by atoms with Gasteiger partial charge in [0, 0.05) is 12.8 Å². The molecule has 0 aromatic carbocycles. The zero-order valence-corrected chi connectivity index (χ0v) is 12.9. The fourth-order valence-corrected chi connectivity index (χ4v) is 4.95. The summed E-state index contributed by atoms with van der Waals surface area (Å²) >= 11 is 0. The van der Waals surface area contributed by atoms with Crippen LogP contribution in [0, 0.1) is 5.41 Å². The molecule has 1 aliphatic rings. The van der Waals surface area contributed by atoms with Gasteiger partial charge < -0.3 is 4.48 Å². The number of hydrogen-bond donors (Lipinski definition) is 0. The summed E-state index contributed by atoms with van der Waals surface area (Å²) in [7, 11) is 2.46. The number of rotatable bonds is 1. The van der Waals surface area contributed by atoms with Crippen molar-refractivity contribution in [2.24, 2.45) is 5.41 Å². The molecular formula is C15H32N+. The van der Waals surface area contributed by atoms with Crippen molar-refractivity contribution < 1.29 is 4.48 Å². The van der Waals surface area contributed by atoms with Gasteiger partial charge >= 0.3 is 0 Å². The molecule has 1 nitrogen and oxygen atoms in total. The second kappa shape index (κ2) is 3.48. The van der Waals surface area contributed by atoms with Crippen LogP contribution in [0.15, 0.2) is 0 Å². The van der Waals surface area contributed by atoms with Gasteiger partial charge in [-0.3, -0.25) is 0 Å². The maximum Gasteiger partial charge on any atom is 0.0944 e. The lowest BCUT2D eigenvalue weighted by atomic mass is 9.64. The van der Waals surface area contributed by atoms with Gasteiger partial charge in [-0.15, -0.1) is 0 Å². The van der Waals surface area contributed by atoms with Gasteiger partial charge in [-0.05, 0) is 47.0 Å². The van der Waals surface area contributed by atoms with E-state index < -0.39 is 0 Å². The first-order valence-electron chi connectivity index (χ1n) is 6.72. The van der Waals surface area contributed by atoms with Crippen molar-refractivity contribution in [1.29, 1.82) is 0 Å². The molecular weight excluding hydrogens is 194 g/mol. The predicted molar refractivity (Wildman–Crippen MR) is 72.5 cm³/mol. The highest BCUT2D eigenvalue weighted by Crippen LogP contribution is 2.52. The summed E-state index contributed by atoms with van der Waals surface area (Å²) in [5, 5.41) is 0. The Bertz CT molecular complexity index is 251. The van der Waals surface area contributed by atoms with Crippen LogP contribution in [0.2, 0.25) is 0 Å². The third kappa shape index (κ3) is 1.81. The van der Waals surface area contributed by atoms with Gasteiger partial charge in [0.1, 0.15) is 0 Å². The first-order valence-corrected chi connectivity index (χ1v) is 6.72.